The number of fused-ring (bicyclic) bond motifs is 1. The molecule has 0 aliphatic carbocycles. The van der Waals surface area contributed by atoms with Crippen molar-refractivity contribution in [3.63, 3.8) is 0 Å². The summed E-state index contributed by atoms with van der Waals surface area (Å²) < 4.78 is 8.00. The Labute approximate surface area is 140 Å². The second-order valence-corrected chi connectivity index (χ2v) is 6.15. The van der Waals surface area contributed by atoms with E-state index in [0.717, 1.165) is 28.2 Å². The third-order valence-corrected chi connectivity index (χ3v) is 3.88. The molecule has 0 unspecified atom stereocenters. The summed E-state index contributed by atoms with van der Waals surface area (Å²) in [6, 6.07) is 14.1. The molecule has 1 aromatic heterocycles. The van der Waals surface area contributed by atoms with E-state index in [9.17, 15) is 0 Å². The van der Waals surface area contributed by atoms with Gasteiger partial charge in [0, 0.05) is 0 Å². The number of ether oxygens (including phenoxy) is 1. The van der Waals surface area contributed by atoms with Crippen molar-refractivity contribution in [1.82, 2.24) is 9.55 Å². The number of nitrogens with two attached hydrogens (primary N) is 1. The van der Waals surface area contributed by atoms with Crippen LogP contribution < -0.4 is 10.5 Å². The SMILES string of the molecule is Cc1ccc(C)c(OCc2nc3ccccc3n2CC(N)=S)c1. The van der Waals surface area contributed by atoms with Gasteiger partial charge in [-0.05, 0) is 43.2 Å². The van der Waals surface area contributed by atoms with Gasteiger partial charge in [-0.15, -0.1) is 0 Å². The van der Waals surface area contributed by atoms with Gasteiger partial charge in [0.15, 0.2) is 0 Å². The summed E-state index contributed by atoms with van der Waals surface area (Å²) in [5.74, 6) is 1.69. The smallest absolute Gasteiger partial charge is 0.148 e. The summed E-state index contributed by atoms with van der Waals surface area (Å²) in [4.78, 5) is 5.09. The van der Waals surface area contributed by atoms with Crippen molar-refractivity contribution in [1.29, 1.82) is 0 Å². The molecule has 4 nitrogen and oxygen atoms in total. The minimum absolute atomic E-state index is 0.377. The summed E-state index contributed by atoms with van der Waals surface area (Å²) >= 11 is 5.07. The van der Waals surface area contributed by atoms with Crippen molar-refractivity contribution >= 4 is 28.2 Å². The van der Waals surface area contributed by atoms with Crippen LogP contribution in [-0.2, 0) is 13.2 Å². The first-order valence-electron chi connectivity index (χ1n) is 7.47. The van der Waals surface area contributed by atoms with Crippen LogP contribution in [-0.4, -0.2) is 14.5 Å². The molecule has 0 fully saturated rings. The van der Waals surface area contributed by atoms with Gasteiger partial charge in [-0.2, -0.15) is 0 Å². The second-order valence-electron chi connectivity index (χ2n) is 5.63. The van der Waals surface area contributed by atoms with Crippen LogP contribution in [0.4, 0.5) is 0 Å². The molecule has 0 saturated carbocycles. The van der Waals surface area contributed by atoms with Crippen LogP contribution in [0.1, 0.15) is 17.0 Å². The Morgan fingerprint density at radius 2 is 2.00 bits per heavy atom. The third kappa shape index (κ3) is 3.35. The van der Waals surface area contributed by atoms with Crippen molar-refractivity contribution in [3.05, 3.63) is 59.4 Å². The largest absolute Gasteiger partial charge is 0.485 e. The molecule has 0 aliphatic heterocycles. The highest BCUT2D eigenvalue weighted by atomic mass is 32.1. The van der Waals surface area contributed by atoms with E-state index in [-0.39, 0.29) is 0 Å². The van der Waals surface area contributed by atoms with E-state index < -0.39 is 0 Å². The lowest BCUT2D eigenvalue weighted by Gasteiger charge is -2.12. The molecular formula is C18H19N3OS. The number of benzene rings is 2. The van der Waals surface area contributed by atoms with Gasteiger partial charge in [-0.25, -0.2) is 4.98 Å². The Balaban J connectivity index is 1.92. The first-order chi connectivity index (χ1) is 11.0. The highest BCUT2D eigenvalue weighted by molar-refractivity contribution is 7.80. The minimum Gasteiger partial charge on any atom is -0.485 e. The fraction of sp³-hybridized carbons (Fsp3) is 0.222. The minimum atomic E-state index is 0.377. The monoisotopic (exact) mass is 325 g/mol. The van der Waals surface area contributed by atoms with Crippen molar-refractivity contribution in [2.75, 3.05) is 0 Å². The number of imidazole rings is 1. The number of hydrogen-bond donors (Lipinski definition) is 1. The Bertz CT molecular complexity index is 870. The topological polar surface area (TPSA) is 53.1 Å². The maximum atomic E-state index is 5.99. The molecule has 0 amide bonds. The van der Waals surface area contributed by atoms with E-state index >= 15 is 0 Å². The van der Waals surface area contributed by atoms with Crippen molar-refractivity contribution in [2.24, 2.45) is 5.73 Å². The Kier molecular flexibility index (Phi) is 4.30. The van der Waals surface area contributed by atoms with Crippen LogP contribution in [0.3, 0.4) is 0 Å². The number of rotatable bonds is 5. The maximum Gasteiger partial charge on any atom is 0.148 e. The molecule has 0 bridgehead atoms. The molecule has 0 atom stereocenters. The summed E-state index contributed by atoms with van der Waals surface area (Å²) in [5.41, 5.74) is 9.94. The van der Waals surface area contributed by atoms with Crippen molar-refractivity contribution in [2.45, 2.75) is 27.0 Å². The predicted octanol–water partition coefficient (Wildman–Crippen LogP) is 3.52. The van der Waals surface area contributed by atoms with Crippen molar-refractivity contribution < 1.29 is 4.74 Å². The van der Waals surface area contributed by atoms with E-state index in [1.165, 1.54) is 5.56 Å². The number of thiocarbonyl (C=S) groups is 1. The Hall–Kier alpha value is -2.40. The lowest BCUT2D eigenvalue weighted by Crippen LogP contribution is -2.19. The fourth-order valence-electron chi connectivity index (χ4n) is 2.57. The standard InChI is InChI=1S/C18H19N3OS/c1-12-7-8-13(2)16(9-12)22-11-18-20-14-5-3-4-6-15(14)21(18)10-17(19)23/h3-9H,10-11H2,1-2H3,(H2,19,23). The van der Waals surface area contributed by atoms with Crippen LogP contribution in [0.25, 0.3) is 11.0 Å². The Morgan fingerprint density at radius 1 is 1.22 bits per heavy atom. The highest BCUT2D eigenvalue weighted by Gasteiger charge is 2.12. The molecule has 118 valence electrons. The highest BCUT2D eigenvalue weighted by Crippen LogP contribution is 2.22. The average molecular weight is 325 g/mol. The first-order valence-corrected chi connectivity index (χ1v) is 7.88. The molecule has 3 rings (SSSR count). The zero-order valence-electron chi connectivity index (χ0n) is 13.2. The zero-order valence-corrected chi connectivity index (χ0v) is 14.1. The van der Waals surface area contributed by atoms with Gasteiger partial charge >= 0.3 is 0 Å². The van der Waals surface area contributed by atoms with E-state index in [1.807, 2.05) is 41.8 Å². The zero-order chi connectivity index (χ0) is 16.4. The number of aryl methyl sites for hydroxylation is 2. The molecule has 3 aromatic rings. The number of hydrogen-bond acceptors (Lipinski definition) is 3. The number of para-hydroxylation sites is 2. The van der Waals surface area contributed by atoms with Crippen LogP contribution >= 0.6 is 12.2 Å². The molecule has 0 radical (unpaired) electrons. The quantitative estimate of drug-likeness (QED) is 0.729. The van der Waals surface area contributed by atoms with Gasteiger partial charge in [-0.3, -0.25) is 0 Å². The summed E-state index contributed by atoms with van der Waals surface area (Å²) in [5, 5.41) is 0. The lowest BCUT2D eigenvalue weighted by atomic mass is 10.1. The number of aromatic nitrogens is 2. The van der Waals surface area contributed by atoms with Crippen LogP contribution in [0, 0.1) is 13.8 Å². The van der Waals surface area contributed by atoms with Gasteiger partial charge in [0.05, 0.1) is 22.6 Å². The fourth-order valence-corrected chi connectivity index (χ4v) is 2.70. The molecular weight excluding hydrogens is 306 g/mol. The van der Waals surface area contributed by atoms with Crippen LogP contribution in [0.15, 0.2) is 42.5 Å². The van der Waals surface area contributed by atoms with Gasteiger partial charge in [-0.1, -0.05) is 36.5 Å². The second kappa shape index (κ2) is 6.38. The first kappa shape index (κ1) is 15.5. The molecule has 23 heavy (non-hydrogen) atoms. The van der Waals surface area contributed by atoms with Gasteiger partial charge < -0.3 is 15.0 Å². The maximum absolute atomic E-state index is 5.99. The molecule has 1 heterocycles. The van der Waals surface area contributed by atoms with E-state index in [0.29, 0.717) is 18.1 Å². The van der Waals surface area contributed by atoms with Crippen LogP contribution in [0.5, 0.6) is 5.75 Å². The normalized spacial score (nSPS) is 10.9. The van der Waals surface area contributed by atoms with Gasteiger partial charge in [0.1, 0.15) is 18.2 Å². The molecule has 0 saturated heterocycles. The predicted molar refractivity (Wildman–Crippen MR) is 96.8 cm³/mol. The molecule has 5 heteroatoms. The van der Waals surface area contributed by atoms with E-state index in [1.54, 1.807) is 0 Å². The van der Waals surface area contributed by atoms with E-state index in [4.69, 9.17) is 22.7 Å². The summed E-state index contributed by atoms with van der Waals surface area (Å²) in [6.45, 7) is 4.92. The Morgan fingerprint density at radius 3 is 2.78 bits per heavy atom. The molecule has 2 N–H and O–H groups in total. The summed E-state index contributed by atoms with van der Waals surface area (Å²) in [7, 11) is 0. The van der Waals surface area contributed by atoms with Gasteiger partial charge in [0.25, 0.3) is 0 Å². The summed E-state index contributed by atoms with van der Waals surface area (Å²) in [6.07, 6.45) is 0. The molecule has 0 spiro atoms. The molecule has 2 aromatic carbocycles. The van der Waals surface area contributed by atoms with Gasteiger partial charge in [0.2, 0.25) is 0 Å². The van der Waals surface area contributed by atoms with Crippen LogP contribution in [0.2, 0.25) is 0 Å². The van der Waals surface area contributed by atoms with Crippen molar-refractivity contribution in [3.8, 4) is 5.75 Å². The third-order valence-electron chi connectivity index (χ3n) is 3.75. The lowest BCUT2D eigenvalue weighted by molar-refractivity contribution is 0.290. The molecule has 0 aliphatic rings. The number of nitrogens with zero attached hydrogens (tertiary/aromatic N) is 2. The average Bonchev–Trinajstić information content (AvgIpc) is 2.86. The van der Waals surface area contributed by atoms with E-state index in [2.05, 4.69) is 24.0 Å².